The number of rotatable bonds is 2. The molecule has 3 rings (SSSR count). The van der Waals surface area contributed by atoms with Crippen molar-refractivity contribution < 1.29 is 14.5 Å². The van der Waals surface area contributed by atoms with Crippen molar-refractivity contribution in [3.63, 3.8) is 0 Å². The molecule has 1 aromatic rings. The van der Waals surface area contributed by atoms with E-state index < -0.39 is 10.5 Å². The molecule has 0 aromatic carbocycles. The van der Waals surface area contributed by atoms with Crippen LogP contribution in [0.2, 0.25) is 0 Å². The van der Waals surface area contributed by atoms with Gasteiger partial charge in [-0.05, 0) is 49.6 Å². The Hall–Kier alpha value is -2.38. The Bertz CT molecular complexity index is 628. The lowest BCUT2D eigenvalue weighted by Gasteiger charge is -2.42. The topological polar surface area (TPSA) is 88.8 Å². The molecule has 0 spiro atoms. The quantitative estimate of drug-likeness (QED) is 0.588. The highest BCUT2D eigenvalue weighted by Crippen LogP contribution is 2.35. The van der Waals surface area contributed by atoms with Crippen LogP contribution in [0.4, 0.5) is 16.3 Å². The van der Waals surface area contributed by atoms with E-state index in [0.29, 0.717) is 13.1 Å². The summed E-state index contributed by atoms with van der Waals surface area (Å²) in [5.41, 5.74) is 0.368. The van der Waals surface area contributed by atoms with E-state index in [9.17, 15) is 14.9 Å². The normalized spacial score (nSPS) is 21.7. The van der Waals surface area contributed by atoms with Crippen LogP contribution in [-0.2, 0) is 4.74 Å². The van der Waals surface area contributed by atoms with Gasteiger partial charge in [0.15, 0.2) is 6.20 Å². The highest BCUT2D eigenvalue weighted by Gasteiger charge is 2.42. The zero-order valence-corrected chi connectivity index (χ0v) is 16.1. The summed E-state index contributed by atoms with van der Waals surface area (Å²) < 4.78 is 5.47. The zero-order valence-electron chi connectivity index (χ0n) is 16.1. The van der Waals surface area contributed by atoms with Crippen LogP contribution in [0.5, 0.6) is 0 Å². The second-order valence-electron chi connectivity index (χ2n) is 7.31. The number of nitro groups is 1. The van der Waals surface area contributed by atoms with E-state index in [1.807, 2.05) is 34.6 Å². The summed E-state index contributed by atoms with van der Waals surface area (Å²) in [4.78, 5) is 30.4. The number of aromatic nitrogens is 1. The van der Waals surface area contributed by atoms with Crippen molar-refractivity contribution in [2.45, 2.75) is 65.1 Å². The van der Waals surface area contributed by atoms with Crippen molar-refractivity contribution in [3.8, 4) is 0 Å². The van der Waals surface area contributed by atoms with Crippen LogP contribution >= 0.6 is 0 Å². The molecule has 2 atom stereocenters. The third-order valence-corrected chi connectivity index (χ3v) is 4.35. The largest absolute Gasteiger partial charge is 0.444 e. The van der Waals surface area contributed by atoms with Crippen LogP contribution in [-0.4, -0.2) is 51.7 Å². The average molecular weight is 364 g/mol. The van der Waals surface area contributed by atoms with E-state index in [1.54, 1.807) is 17.2 Å². The maximum atomic E-state index is 12.3. The van der Waals surface area contributed by atoms with Gasteiger partial charge in [-0.3, -0.25) is 0 Å². The molecule has 0 N–H and O–H groups in total. The van der Waals surface area contributed by atoms with Gasteiger partial charge in [-0.25, -0.2) is 4.79 Å². The Balaban J connectivity index is 0.00000117. The van der Waals surface area contributed by atoms with Gasteiger partial charge >= 0.3 is 11.9 Å². The number of hydrogen-bond acceptors (Lipinski definition) is 6. The number of nitrogens with zero attached hydrogens (tertiary/aromatic N) is 4. The number of carbonyl (C=O) groups is 1. The molecule has 8 heteroatoms. The summed E-state index contributed by atoms with van der Waals surface area (Å²) in [6.45, 7) is 10.8. The molecule has 26 heavy (non-hydrogen) atoms. The van der Waals surface area contributed by atoms with E-state index in [-0.39, 0.29) is 24.0 Å². The lowest BCUT2D eigenvalue weighted by atomic mass is 10.1. The number of likely N-dealkylation sites (tertiary alicyclic amines) is 1. The molecule has 2 aliphatic rings. The molecule has 144 valence electrons. The second-order valence-corrected chi connectivity index (χ2v) is 7.31. The van der Waals surface area contributed by atoms with Crippen molar-refractivity contribution in [2.24, 2.45) is 0 Å². The maximum Gasteiger partial charge on any atom is 0.410 e. The maximum absolute atomic E-state index is 12.3. The molecule has 2 fully saturated rings. The Morgan fingerprint density at radius 2 is 1.81 bits per heavy atom. The van der Waals surface area contributed by atoms with Crippen molar-refractivity contribution in [2.75, 3.05) is 18.0 Å². The number of pyridine rings is 1. The first-order valence-corrected chi connectivity index (χ1v) is 9.11. The number of ether oxygens (including phenoxy) is 1. The molecular weight excluding hydrogens is 336 g/mol. The first kappa shape index (κ1) is 19.9. The summed E-state index contributed by atoms with van der Waals surface area (Å²) in [6.07, 6.45) is 3.25. The molecule has 1 amide bonds. The lowest BCUT2D eigenvalue weighted by Crippen LogP contribution is -2.56. The highest BCUT2D eigenvalue weighted by atomic mass is 16.6. The average Bonchev–Trinajstić information content (AvgIpc) is 2.84. The summed E-state index contributed by atoms with van der Waals surface area (Å²) >= 11 is 0. The number of anilines is 1. The predicted octanol–water partition coefficient (Wildman–Crippen LogP) is 3.60. The third kappa shape index (κ3) is 4.42. The molecule has 0 aliphatic carbocycles. The SMILES string of the molecule is CC.CC(C)(C)OC(=O)N1CC2CCC(C1)N2c1ccc([N+](=O)[O-])nc1. The van der Waals surface area contributed by atoms with Gasteiger partial charge in [-0.2, -0.15) is 0 Å². The Labute approximate surface area is 154 Å². The fourth-order valence-corrected chi connectivity index (χ4v) is 3.44. The fourth-order valence-electron chi connectivity index (χ4n) is 3.44. The van der Waals surface area contributed by atoms with Gasteiger partial charge in [0.25, 0.3) is 0 Å². The molecule has 0 saturated carbocycles. The van der Waals surface area contributed by atoms with E-state index in [1.165, 1.54) is 6.07 Å². The fraction of sp³-hybridized carbons (Fsp3) is 0.667. The first-order valence-electron chi connectivity index (χ1n) is 9.11. The number of fused-ring (bicyclic) bond motifs is 2. The molecule has 2 bridgehead atoms. The molecule has 0 radical (unpaired) electrons. The minimum Gasteiger partial charge on any atom is -0.444 e. The van der Waals surface area contributed by atoms with E-state index >= 15 is 0 Å². The molecule has 1 aromatic heterocycles. The summed E-state index contributed by atoms with van der Waals surface area (Å²) in [7, 11) is 0. The molecular formula is C18H28N4O4. The lowest BCUT2D eigenvalue weighted by molar-refractivity contribution is -0.389. The van der Waals surface area contributed by atoms with Crippen LogP contribution in [0.1, 0.15) is 47.5 Å². The number of piperazine rings is 1. The van der Waals surface area contributed by atoms with Gasteiger partial charge in [-0.15, -0.1) is 0 Å². The van der Waals surface area contributed by atoms with Crippen LogP contribution in [0.3, 0.4) is 0 Å². The molecule has 2 aliphatic heterocycles. The van der Waals surface area contributed by atoms with Gasteiger partial charge < -0.3 is 24.7 Å². The summed E-state index contributed by atoms with van der Waals surface area (Å²) in [5.74, 6) is -0.154. The van der Waals surface area contributed by atoms with Crippen LogP contribution in [0.25, 0.3) is 0 Å². The predicted molar refractivity (Wildman–Crippen MR) is 99.3 cm³/mol. The third-order valence-electron chi connectivity index (χ3n) is 4.35. The van der Waals surface area contributed by atoms with Crippen LogP contribution in [0.15, 0.2) is 18.3 Å². The number of hydrogen-bond donors (Lipinski definition) is 0. The molecule has 3 heterocycles. The minimum absolute atomic E-state index is 0.154. The molecule has 8 nitrogen and oxygen atoms in total. The van der Waals surface area contributed by atoms with Crippen LogP contribution in [0, 0.1) is 10.1 Å². The van der Waals surface area contributed by atoms with Crippen molar-refractivity contribution in [1.29, 1.82) is 0 Å². The molecule has 2 unspecified atom stereocenters. The standard InChI is InChI=1S/C16H22N4O4.C2H6/c1-16(2,3)24-15(21)18-9-12-4-5-13(10-18)19(12)11-6-7-14(17-8-11)20(22)23;1-2/h6-8,12-13H,4-5,9-10H2,1-3H3;1-2H3. The van der Waals surface area contributed by atoms with Gasteiger partial charge in [0, 0.05) is 31.2 Å². The number of amides is 1. The Morgan fingerprint density at radius 1 is 1.23 bits per heavy atom. The first-order chi connectivity index (χ1) is 12.2. The van der Waals surface area contributed by atoms with Gasteiger partial charge in [0.2, 0.25) is 0 Å². The van der Waals surface area contributed by atoms with Crippen molar-refractivity contribution >= 4 is 17.6 Å². The minimum atomic E-state index is -0.504. The highest BCUT2D eigenvalue weighted by molar-refractivity contribution is 5.69. The summed E-state index contributed by atoms with van der Waals surface area (Å²) in [6, 6.07) is 3.55. The van der Waals surface area contributed by atoms with Crippen LogP contribution < -0.4 is 4.90 Å². The number of carbonyl (C=O) groups excluding carboxylic acids is 1. The van der Waals surface area contributed by atoms with Gasteiger partial charge in [0.1, 0.15) is 5.60 Å². The van der Waals surface area contributed by atoms with Crippen molar-refractivity contribution in [3.05, 3.63) is 28.4 Å². The molecule has 2 saturated heterocycles. The monoisotopic (exact) mass is 364 g/mol. The zero-order chi connectivity index (χ0) is 19.5. The van der Waals surface area contributed by atoms with Gasteiger partial charge in [0.05, 0.1) is 5.69 Å². The van der Waals surface area contributed by atoms with Gasteiger partial charge in [-0.1, -0.05) is 13.8 Å². The van der Waals surface area contributed by atoms with E-state index in [4.69, 9.17) is 4.74 Å². The van der Waals surface area contributed by atoms with E-state index in [2.05, 4.69) is 9.88 Å². The van der Waals surface area contributed by atoms with E-state index in [0.717, 1.165) is 18.5 Å². The summed E-state index contributed by atoms with van der Waals surface area (Å²) in [5, 5.41) is 10.7. The Kier molecular flexibility index (Phi) is 6.05. The smallest absolute Gasteiger partial charge is 0.410 e. The second kappa shape index (κ2) is 7.88. The Morgan fingerprint density at radius 3 is 2.23 bits per heavy atom. The van der Waals surface area contributed by atoms with Crippen molar-refractivity contribution in [1.82, 2.24) is 9.88 Å².